The van der Waals surface area contributed by atoms with Crippen molar-refractivity contribution in [1.82, 2.24) is 9.47 Å². The monoisotopic (exact) mass is 477 g/mol. The molecule has 0 N–H and O–H groups in total. The van der Waals surface area contributed by atoms with Gasteiger partial charge in [0.05, 0.1) is 11.1 Å². The Morgan fingerprint density at radius 2 is 1.65 bits per heavy atom. The van der Waals surface area contributed by atoms with Gasteiger partial charge in [-0.3, -0.25) is 19.3 Å². The summed E-state index contributed by atoms with van der Waals surface area (Å²) in [4.78, 5) is 42.9. The van der Waals surface area contributed by atoms with Gasteiger partial charge in [0, 0.05) is 30.2 Å². The number of hydrogen-bond acceptors (Lipinski definition) is 3. The third-order valence-electron chi connectivity index (χ3n) is 5.06. The first-order valence-electron chi connectivity index (χ1n) is 9.95. The molecule has 3 aromatic rings. The van der Waals surface area contributed by atoms with E-state index in [1.54, 1.807) is 24.3 Å². The van der Waals surface area contributed by atoms with Crippen LogP contribution in [0.4, 0.5) is 0 Å². The Labute approximate surface area is 188 Å². The van der Waals surface area contributed by atoms with Crippen molar-refractivity contribution in [2.75, 3.05) is 6.54 Å². The molecule has 6 nitrogen and oxygen atoms in total. The molecule has 0 saturated heterocycles. The molecule has 0 radical (unpaired) electrons. The van der Waals surface area contributed by atoms with Crippen LogP contribution in [0.2, 0.25) is 0 Å². The average Bonchev–Trinajstić information content (AvgIpc) is 3.00. The number of nitrogens with zero attached hydrogens (tertiary/aromatic N) is 3. The van der Waals surface area contributed by atoms with E-state index in [2.05, 4.69) is 20.9 Å². The summed E-state index contributed by atoms with van der Waals surface area (Å²) in [5.41, 5.74) is 2.47. The lowest BCUT2D eigenvalue weighted by atomic mass is 10.1. The number of rotatable bonds is 6. The molecule has 0 fully saturated rings. The van der Waals surface area contributed by atoms with Crippen molar-refractivity contribution >= 4 is 33.7 Å². The molecule has 7 heteroatoms. The van der Waals surface area contributed by atoms with Crippen LogP contribution < -0.4 is 5.49 Å². The van der Waals surface area contributed by atoms with Crippen molar-refractivity contribution in [3.8, 4) is 0 Å². The average molecular weight is 478 g/mol. The molecule has 0 spiro atoms. The summed E-state index contributed by atoms with van der Waals surface area (Å²) >= 11 is 3.32. The summed E-state index contributed by atoms with van der Waals surface area (Å²) in [5.74, 6) is -0.928. The summed E-state index contributed by atoms with van der Waals surface area (Å²) in [6.07, 6.45) is 2.40. The van der Waals surface area contributed by atoms with E-state index >= 15 is 0 Å². The molecule has 2 aromatic carbocycles. The van der Waals surface area contributed by atoms with Crippen LogP contribution in [0.25, 0.3) is 0 Å². The topological polar surface area (TPSA) is 71.7 Å². The van der Waals surface area contributed by atoms with Gasteiger partial charge in [-0.1, -0.05) is 52.3 Å². The number of carbonyl (C=O) groups excluding carboxylic acids is 3. The van der Waals surface area contributed by atoms with E-state index in [-0.39, 0.29) is 30.7 Å². The molecule has 0 saturated carbocycles. The van der Waals surface area contributed by atoms with Crippen molar-refractivity contribution in [1.29, 1.82) is 0 Å². The maximum atomic E-state index is 12.5. The number of carbonyl (C=O) groups is 3. The highest BCUT2D eigenvalue weighted by molar-refractivity contribution is 9.10. The Kier molecular flexibility index (Phi) is 6.23. The van der Waals surface area contributed by atoms with Gasteiger partial charge >= 0.3 is 0 Å². The Morgan fingerprint density at radius 1 is 0.903 bits per heavy atom. The minimum absolute atomic E-state index is 0.150. The lowest BCUT2D eigenvalue weighted by Gasteiger charge is -2.12. The molecule has 1 aliphatic heterocycles. The molecular weight excluding hydrogens is 458 g/mol. The lowest BCUT2D eigenvalue weighted by Crippen LogP contribution is -2.31. The number of imide groups is 1. The van der Waals surface area contributed by atoms with Crippen molar-refractivity contribution in [2.24, 2.45) is 4.99 Å². The molecular formula is C24H20BrN3O3. The van der Waals surface area contributed by atoms with E-state index in [1.165, 1.54) is 4.90 Å². The number of halogens is 1. The van der Waals surface area contributed by atoms with E-state index in [4.69, 9.17) is 0 Å². The predicted octanol–water partition coefficient (Wildman–Crippen LogP) is 3.80. The van der Waals surface area contributed by atoms with Gasteiger partial charge in [0.15, 0.2) is 0 Å². The van der Waals surface area contributed by atoms with Crippen LogP contribution >= 0.6 is 15.9 Å². The van der Waals surface area contributed by atoms with Crippen molar-refractivity contribution in [3.05, 3.63) is 99.6 Å². The molecule has 0 unspecified atom stereocenters. The van der Waals surface area contributed by atoms with E-state index < -0.39 is 0 Å². The fourth-order valence-corrected chi connectivity index (χ4v) is 3.88. The van der Waals surface area contributed by atoms with Crippen LogP contribution in [0, 0.1) is 0 Å². The third-order valence-corrected chi connectivity index (χ3v) is 5.55. The number of aromatic nitrogens is 1. The SMILES string of the molecule is O=C(CCCN1C(=O)c2ccc(Br)cc2C1=O)N=c1ccccn1Cc1ccccc1. The van der Waals surface area contributed by atoms with Gasteiger partial charge in [0.25, 0.3) is 11.8 Å². The third kappa shape index (κ3) is 4.72. The van der Waals surface area contributed by atoms with Crippen LogP contribution in [0.1, 0.15) is 39.1 Å². The second kappa shape index (κ2) is 9.22. The summed E-state index contributed by atoms with van der Waals surface area (Å²) in [6.45, 7) is 0.794. The summed E-state index contributed by atoms with van der Waals surface area (Å²) in [6, 6.07) is 20.5. The van der Waals surface area contributed by atoms with Gasteiger partial charge in [-0.05, 0) is 42.3 Å². The molecule has 1 aliphatic rings. The quantitative estimate of drug-likeness (QED) is 0.506. The minimum atomic E-state index is -0.325. The minimum Gasteiger partial charge on any atom is -0.329 e. The molecule has 0 bridgehead atoms. The molecule has 0 aliphatic carbocycles. The second-order valence-corrected chi connectivity index (χ2v) is 8.15. The standard InChI is InChI=1S/C24H20BrN3O3/c25-18-11-12-19-20(15-18)24(31)28(23(19)30)14-6-10-22(29)26-21-9-4-5-13-27(21)16-17-7-2-1-3-8-17/h1-5,7-9,11-13,15H,6,10,14,16H2. The Morgan fingerprint density at radius 3 is 2.45 bits per heavy atom. The van der Waals surface area contributed by atoms with E-state index in [0.29, 0.717) is 29.6 Å². The van der Waals surface area contributed by atoms with Crippen LogP contribution in [0.5, 0.6) is 0 Å². The number of fused-ring (bicyclic) bond motifs is 1. The summed E-state index contributed by atoms with van der Waals surface area (Å²) in [7, 11) is 0. The number of pyridine rings is 1. The van der Waals surface area contributed by atoms with Crippen LogP contribution in [0.15, 0.2) is 82.4 Å². The van der Waals surface area contributed by atoms with Gasteiger partial charge in [0.2, 0.25) is 5.91 Å². The van der Waals surface area contributed by atoms with Crippen molar-refractivity contribution in [2.45, 2.75) is 19.4 Å². The highest BCUT2D eigenvalue weighted by Crippen LogP contribution is 2.26. The summed E-state index contributed by atoms with van der Waals surface area (Å²) < 4.78 is 2.66. The zero-order valence-corrected chi connectivity index (χ0v) is 18.3. The van der Waals surface area contributed by atoms with Crippen LogP contribution in [0.3, 0.4) is 0 Å². The molecule has 31 heavy (non-hydrogen) atoms. The highest BCUT2D eigenvalue weighted by atomic mass is 79.9. The fraction of sp³-hybridized carbons (Fsp3) is 0.167. The number of hydrogen-bond donors (Lipinski definition) is 0. The second-order valence-electron chi connectivity index (χ2n) is 7.23. The molecule has 3 amide bonds. The van der Waals surface area contributed by atoms with Gasteiger partial charge in [-0.15, -0.1) is 0 Å². The molecule has 156 valence electrons. The van der Waals surface area contributed by atoms with Crippen LogP contribution in [-0.4, -0.2) is 33.7 Å². The number of amides is 3. The van der Waals surface area contributed by atoms with E-state index in [1.807, 2.05) is 53.2 Å². The maximum absolute atomic E-state index is 12.5. The van der Waals surface area contributed by atoms with Gasteiger partial charge < -0.3 is 4.57 Å². The van der Waals surface area contributed by atoms with Gasteiger partial charge in [0.1, 0.15) is 5.49 Å². The highest BCUT2D eigenvalue weighted by Gasteiger charge is 2.35. The normalized spacial score (nSPS) is 13.6. The Hall–Kier alpha value is -3.32. The Bertz CT molecular complexity index is 1220. The maximum Gasteiger partial charge on any atom is 0.261 e. The first-order valence-corrected chi connectivity index (χ1v) is 10.7. The first-order chi connectivity index (χ1) is 15.0. The first kappa shape index (κ1) is 20.9. The molecule has 0 atom stereocenters. The zero-order valence-electron chi connectivity index (χ0n) is 16.7. The number of benzene rings is 2. The summed E-state index contributed by atoms with van der Waals surface area (Å²) in [5, 5.41) is 0. The fourth-order valence-electron chi connectivity index (χ4n) is 3.52. The molecule has 2 heterocycles. The predicted molar refractivity (Wildman–Crippen MR) is 119 cm³/mol. The van der Waals surface area contributed by atoms with Gasteiger partial charge in [-0.25, -0.2) is 0 Å². The van der Waals surface area contributed by atoms with Gasteiger partial charge in [-0.2, -0.15) is 4.99 Å². The molecule has 1 aromatic heterocycles. The van der Waals surface area contributed by atoms with E-state index in [0.717, 1.165) is 10.0 Å². The van der Waals surface area contributed by atoms with Crippen LogP contribution in [-0.2, 0) is 11.3 Å². The van der Waals surface area contributed by atoms with Crippen molar-refractivity contribution in [3.63, 3.8) is 0 Å². The zero-order chi connectivity index (χ0) is 21.8. The largest absolute Gasteiger partial charge is 0.329 e. The Balaban J connectivity index is 1.40. The van der Waals surface area contributed by atoms with E-state index in [9.17, 15) is 14.4 Å². The lowest BCUT2D eigenvalue weighted by molar-refractivity contribution is -0.118. The smallest absolute Gasteiger partial charge is 0.261 e. The van der Waals surface area contributed by atoms with Crippen molar-refractivity contribution < 1.29 is 14.4 Å². The molecule has 4 rings (SSSR count).